The van der Waals surface area contributed by atoms with Crippen molar-refractivity contribution in [1.82, 2.24) is 9.55 Å². The van der Waals surface area contributed by atoms with E-state index in [0.717, 1.165) is 22.0 Å². The second-order valence-corrected chi connectivity index (χ2v) is 7.51. The summed E-state index contributed by atoms with van der Waals surface area (Å²) in [7, 11) is 0. The van der Waals surface area contributed by atoms with Crippen molar-refractivity contribution >= 4 is 16.9 Å². The Balaban J connectivity index is 1.82. The van der Waals surface area contributed by atoms with Gasteiger partial charge in [-0.1, -0.05) is 6.92 Å². The Hall–Kier alpha value is -3.50. The standard InChI is InChI=1S/C22H17N3O4/c1-3-22(28)16-7-18-19-14(9-25(18)20(26)15(16)10-29-21(22)27)11(2)13-6-12(8-23)4-5-17(13)24-19/h4-7,28H,3,9-10H2,1-2H3/t22-/m0/s1. The van der Waals surface area contributed by atoms with Crippen LogP contribution in [-0.4, -0.2) is 20.6 Å². The van der Waals surface area contributed by atoms with Crippen LogP contribution in [0.1, 0.15) is 41.2 Å². The summed E-state index contributed by atoms with van der Waals surface area (Å²) < 4.78 is 6.71. The van der Waals surface area contributed by atoms with Crippen molar-refractivity contribution in [3.05, 3.63) is 62.4 Å². The van der Waals surface area contributed by atoms with E-state index < -0.39 is 11.6 Å². The van der Waals surface area contributed by atoms with E-state index in [2.05, 4.69) is 6.07 Å². The van der Waals surface area contributed by atoms with Crippen LogP contribution >= 0.6 is 0 Å². The highest BCUT2D eigenvalue weighted by molar-refractivity contribution is 5.89. The van der Waals surface area contributed by atoms with Crippen LogP contribution in [0.25, 0.3) is 22.3 Å². The molecule has 1 N–H and O–H groups in total. The molecule has 144 valence electrons. The zero-order chi connectivity index (χ0) is 20.5. The van der Waals surface area contributed by atoms with E-state index in [0.29, 0.717) is 34.6 Å². The van der Waals surface area contributed by atoms with E-state index in [4.69, 9.17) is 9.72 Å². The van der Waals surface area contributed by atoms with E-state index in [-0.39, 0.29) is 18.6 Å². The Kier molecular flexibility index (Phi) is 3.49. The first-order valence-electron chi connectivity index (χ1n) is 9.39. The normalized spacial score (nSPS) is 19.3. The van der Waals surface area contributed by atoms with Crippen LogP contribution in [0.5, 0.6) is 0 Å². The Morgan fingerprint density at radius 3 is 2.83 bits per heavy atom. The molecular weight excluding hydrogens is 370 g/mol. The smallest absolute Gasteiger partial charge is 0.343 e. The average molecular weight is 387 g/mol. The van der Waals surface area contributed by atoms with Crippen molar-refractivity contribution in [2.24, 2.45) is 0 Å². The first kappa shape index (κ1) is 17.6. The van der Waals surface area contributed by atoms with E-state index in [1.165, 1.54) is 0 Å². The van der Waals surface area contributed by atoms with Gasteiger partial charge in [0.15, 0.2) is 5.60 Å². The second kappa shape index (κ2) is 5.75. The molecule has 0 fully saturated rings. The molecule has 0 bridgehead atoms. The maximum absolute atomic E-state index is 13.2. The Morgan fingerprint density at radius 1 is 1.31 bits per heavy atom. The highest BCUT2D eigenvalue weighted by Gasteiger charge is 2.45. The van der Waals surface area contributed by atoms with Gasteiger partial charge in [-0.3, -0.25) is 4.79 Å². The van der Waals surface area contributed by atoms with Crippen molar-refractivity contribution in [2.45, 2.75) is 39.0 Å². The number of hydrogen-bond acceptors (Lipinski definition) is 6. The van der Waals surface area contributed by atoms with Gasteiger partial charge in [0.05, 0.1) is 40.6 Å². The summed E-state index contributed by atoms with van der Waals surface area (Å²) in [5.41, 5.74) is 2.88. The summed E-state index contributed by atoms with van der Waals surface area (Å²) in [6, 6.07) is 9.15. The number of fused-ring (bicyclic) bond motifs is 5. The summed E-state index contributed by atoms with van der Waals surface area (Å²) in [6.45, 7) is 3.83. The molecule has 7 heteroatoms. The quantitative estimate of drug-likeness (QED) is 0.502. The number of hydrogen-bond donors (Lipinski definition) is 1. The molecule has 5 rings (SSSR count). The number of nitrogens with zero attached hydrogens (tertiary/aromatic N) is 3. The number of pyridine rings is 2. The predicted octanol–water partition coefficient (Wildman–Crippen LogP) is 2.26. The monoisotopic (exact) mass is 387 g/mol. The van der Waals surface area contributed by atoms with Crippen molar-refractivity contribution < 1.29 is 14.6 Å². The number of esters is 1. The highest BCUT2D eigenvalue weighted by atomic mass is 16.6. The van der Waals surface area contributed by atoms with Crippen molar-refractivity contribution in [1.29, 1.82) is 5.26 Å². The lowest BCUT2D eigenvalue weighted by Crippen LogP contribution is -2.44. The van der Waals surface area contributed by atoms with E-state index in [1.54, 1.807) is 35.8 Å². The molecule has 0 saturated carbocycles. The van der Waals surface area contributed by atoms with Crippen molar-refractivity contribution in [3.63, 3.8) is 0 Å². The van der Waals surface area contributed by atoms with Crippen LogP contribution in [-0.2, 0) is 28.3 Å². The van der Waals surface area contributed by atoms with Crippen LogP contribution in [0.4, 0.5) is 0 Å². The maximum atomic E-state index is 13.2. The van der Waals surface area contributed by atoms with Gasteiger partial charge in [0.1, 0.15) is 6.61 Å². The zero-order valence-electron chi connectivity index (χ0n) is 15.9. The van der Waals surface area contributed by atoms with Gasteiger partial charge in [0, 0.05) is 16.5 Å². The molecule has 0 saturated heterocycles. The lowest BCUT2D eigenvalue weighted by molar-refractivity contribution is -0.172. The van der Waals surface area contributed by atoms with Crippen LogP contribution in [0, 0.1) is 18.3 Å². The van der Waals surface area contributed by atoms with Gasteiger partial charge < -0.3 is 14.4 Å². The molecule has 7 nitrogen and oxygen atoms in total. The topological polar surface area (TPSA) is 105 Å². The molecule has 0 aliphatic carbocycles. The molecule has 1 aromatic carbocycles. The largest absolute Gasteiger partial charge is 0.458 e. The number of benzene rings is 1. The molecule has 3 aromatic rings. The minimum Gasteiger partial charge on any atom is -0.458 e. The Bertz CT molecular complexity index is 1350. The number of nitriles is 1. The lowest BCUT2D eigenvalue weighted by atomic mass is 9.86. The lowest BCUT2D eigenvalue weighted by Gasteiger charge is -2.31. The molecule has 4 heterocycles. The fraction of sp³-hybridized carbons (Fsp3) is 0.273. The number of ether oxygens (including phenoxy) is 1. The van der Waals surface area contributed by atoms with E-state index >= 15 is 0 Å². The molecule has 2 aliphatic heterocycles. The highest BCUT2D eigenvalue weighted by Crippen LogP contribution is 2.39. The fourth-order valence-corrected chi connectivity index (χ4v) is 4.35. The van der Waals surface area contributed by atoms with E-state index in [9.17, 15) is 20.0 Å². The summed E-state index contributed by atoms with van der Waals surface area (Å²) in [6.07, 6.45) is 0.107. The van der Waals surface area contributed by atoms with E-state index in [1.807, 2.05) is 6.92 Å². The number of aliphatic hydroxyl groups is 1. The van der Waals surface area contributed by atoms with Crippen LogP contribution in [0.3, 0.4) is 0 Å². The van der Waals surface area contributed by atoms with Gasteiger partial charge in [0.25, 0.3) is 5.56 Å². The maximum Gasteiger partial charge on any atom is 0.343 e. The number of carbonyl (C=O) groups is 1. The first-order chi connectivity index (χ1) is 13.9. The third-order valence-corrected chi connectivity index (χ3v) is 6.10. The van der Waals surface area contributed by atoms with Gasteiger partial charge >= 0.3 is 5.97 Å². The zero-order valence-corrected chi connectivity index (χ0v) is 15.9. The molecule has 0 spiro atoms. The molecule has 0 radical (unpaired) electrons. The van der Waals surface area contributed by atoms with Crippen molar-refractivity contribution in [2.75, 3.05) is 0 Å². The number of rotatable bonds is 1. The summed E-state index contributed by atoms with van der Waals surface area (Å²) in [4.78, 5) is 30.2. The SMILES string of the molecule is CC[C@@]1(O)C(=O)OCc2c1cc1n(c2=O)Cc2c-1nc1ccc(C#N)cc1c2C. The Labute approximate surface area is 165 Å². The minimum absolute atomic E-state index is 0.107. The number of cyclic esters (lactones) is 1. The second-order valence-electron chi connectivity index (χ2n) is 7.51. The molecule has 0 amide bonds. The summed E-state index contributed by atoms with van der Waals surface area (Å²) >= 11 is 0. The van der Waals surface area contributed by atoms with Crippen LogP contribution in [0.2, 0.25) is 0 Å². The van der Waals surface area contributed by atoms with Gasteiger partial charge in [-0.15, -0.1) is 0 Å². The van der Waals surface area contributed by atoms with Crippen LogP contribution < -0.4 is 5.56 Å². The van der Waals surface area contributed by atoms with Crippen molar-refractivity contribution in [3.8, 4) is 17.5 Å². The molecular formula is C22H17N3O4. The van der Waals surface area contributed by atoms with Gasteiger partial charge in [-0.2, -0.15) is 5.26 Å². The van der Waals surface area contributed by atoms with Gasteiger partial charge in [-0.05, 0) is 43.2 Å². The number of aryl methyl sites for hydroxylation is 1. The molecule has 0 unspecified atom stereocenters. The third kappa shape index (κ3) is 2.18. The first-order valence-corrected chi connectivity index (χ1v) is 9.39. The third-order valence-electron chi connectivity index (χ3n) is 6.10. The molecule has 29 heavy (non-hydrogen) atoms. The minimum atomic E-state index is -1.83. The van der Waals surface area contributed by atoms with Crippen LogP contribution in [0.15, 0.2) is 29.1 Å². The molecule has 2 aliphatic rings. The molecule has 1 atom stereocenters. The number of aromatic nitrogens is 2. The fourth-order valence-electron chi connectivity index (χ4n) is 4.35. The molecule has 2 aromatic heterocycles. The predicted molar refractivity (Wildman–Crippen MR) is 104 cm³/mol. The Morgan fingerprint density at radius 2 is 2.10 bits per heavy atom. The number of carbonyl (C=O) groups excluding carboxylic acids is 1. The summed E-state index contributed by atoms with van der Waals surface area (Å²) in [5.74, 6) is -0.734. The van der Waals surface area contributed by atoms with Gasteiger partial charge in [0.2, 0.25) is 0 Å². The van der Waals surface area contributed by atoms with Gasteiger partial charge in [-0.25, -0.2) is 9.78 Å². The summed E-state index contributed by atoms with van der Waals surface area (Å²) in [5, 5.41) is 21.0. The average Bonchev–Trinajstić information content (AvgIpc) is 3.10.